The lowest BCUT2D eigenvalue weighted by molar-refractivity contribution is 0.341. The molecule has 0 saturated heterocycles. The molecule has 1 aliphatic carbocycles. The van der Waals surface area contributed by atoms with Gasteiger partial charge in [-0.05, 0) is 38.0 Å². The molecule has 0 radical (unpaired) electrons. The number of ether oxygens (including phenoxy) is 1. The van der Waals surface area contributed by atoms with E-state index in [1.807, 2.05) is 19.1 Å². The van der Waals surface area contributed by atoms with Gasteiger partial charge >= 0.3 is 0 Å². The Morgan fingerprint density at radius 3 is 3.12 bits per heavy atom. The van der Waals surface area contributed by atoms with E-state index < -0.39 is 0 Å². The highest BCUT2D eigenvalue weighted by Gasteiger charge is 2.22. The third-order valence-corrected chi connectivity index (χ3v) is 3.53. The van der Waals surface area contributed by atoms with Gasteiger partial charge in [0.1, 0.15) is 5.75 Å². The average Bonchev–Trinajstić information content (AvgIpc) is 2.97. The smallest absolute Gasteiger partial charge is 0.184 e. The van der Waals surface area contributed by atoms with E-state index in [9.17, 15) is 0 Å². The lowest BCUT2D eigenvalue weighted by Crippen LogP contribution is -1.99. The predicted octanol–water partition coefficient (Wildman–Crippen LogP) is 3.27. The Morgan fingerprint density at radius 2 is 2.38 bits per heavy atom. The number of nitrogens with zero attached hydrogens (tertiary/aromatic N) is 1. The Kier molecular flexibility index (Phi) is 2.44. The monoisotopic (exact) mass is 234 g/mol. The summed E-state index contributed by atoms with van der Waals surface area (Å²) in [7, 11) is 0. The van der Waals surface area contributed by atoms with Gasteiger partial charge in [-0.3, -0.25) is 0 Å². The minimum atomic E-state index is 0.659. The van der Waals surface area contributed by atoms with E-state index >= 15 is 0 Å². The molecule has 1 heterocycles. The van der Waals surface area contributed by atoms with Crippen molar-refractivity contribution in [1.29, 1.82) is 0 Å². The van der Waals surface area contributed by atoms with Crippen LogP contribution in [0.2, 0.25) is 0 Å². The molecule has 3 rings (SSSR count). The first-order valence-corrected chi connectivity index (χ1v) is 6.47. The first kappa shape index (κ1) is 9.90. The van der Waals surface area contributed by atoms with Crippen LogP contribution >= 0.6 is 11.3 Å². The summed E-state index contributed by atoms with van der Waals surface area (Å²) in [5.41, 5.74) is 1.05. The maximum atomic E-state index is 5.48. The molecule has 1 aliphatic rings. The van der Waals surface area contributed by atoms with Crippen LogP contribution in [0.5, 0.6) is 5.75 Å². The van der Waals surface area contributed by atoms with Crippen LogP contribution in [0.4, 0.5) is 5.13 Å². The lowest BCUT2D eigenvalue weighted by Gasteiger charge is -2.00. The molecule has 2 aromatic rings. The summed E-state index contributed by atoms with van der Waals surface area (Å²) in [6, 6.07) is 6.72. The maximum Gasteiger partial charge on any atom is 0.184 e. The molecule has 4 heteroatoms. The molecular formula is C12H14N2OS. The number of benzene rings is 1. The van der Waals surface area contributed by atoms with Gasteiger partial charge in [0.15, 0.2) is 5.13 Å². The number of fused-ring (bicyclic) bond motifs is 1. The topological polar surface area (TPSA) is 34.1 Å². The zero-order chi connectivity index (χ0) is 11.0. The predicted molar refractivity (Wildman–Crippen MR) is 67.4 cm³/mol. The third kappa shape index (κ3) is 1.97. The van der Waals surface area contributed by atoms with Crippen LogP contribution in [0, 0.1) is 0 Å². The van der Waals surface area contributed by atoms with Gasteiger partial charge in [-0.15, -0.1) is 0 Å². The molecule has 0 unspecified atom stereocenters. The molecule has 16 heavy (non-hydrogen) atoms. The number of thiazole rings is 1. The number of rotatable bonds is 4. The van der Waals surface area contributed by atoms with Crippen LogP contribution < -0.4 is 10.1 Å². The number of nitrogens with one attached hydrogen (secondary N) is 1. The van der Waals surface area contributed by atoms with Gasteiger partial charge in [0, 0.05) is 6.04 Å². The second-order valence-electron chi connectivity index (χ2n) is 4.00. The molecule has 3 nitrogen and oxygen atoms in total. The van der Waals surface area contributed by atoms with Crippen LogP contribution in [-0.4, -0.2) is 17.6 Å². The summed E-state index contributed by atoms with van der Waals surface area (Å²) in [6.45, 7) is 2.70. The fraction of sp³-hybridized carbons (Fsp3) is 0.417. The number of aromatic nitrogens is 1. The minimum absolute atomic E-state index is 0.659. The second-order valence-corrected chi connectivity index (χ2v) is 5.03. The molecule has 0 amide bonds. The van der Waals surface area contributed by atoms with Crippen molar-refractivity contribution in [1.82, 2.24) is 4.98 Å². The lowest BCUT2D eigenvalue weighted by atomic mass is 10.3. The number of hydrogen-bond donors (Lipinski definition) is 1. The van der Waals surface area contributed by atoms with Crippen LogP contribution in [0.15, 0.2) is 18.2 Å². The van der Waals surface area contributed by atoms with Crippen molar-refractivity contribution in [2.45, 2.75) is 25.8 Å². The van der Waals surface area contributed by atoms with Crippen LogP contribution in [0.3, 0.4) is 0 Å². The summed E-state index contributed by atoms with van der Waals surface area (Å²) < 4.78 is 6.66. The Balaban J connectivity index is 1.90. The molecule has 1 aromatic heterocycles. The highest BCUT2D eigenvalue weighted by atomic mass is 32.1. The number of hydrogen-bond acceptors (Lipinski definition) is 4. The van der Waals surface area contributed by atoms with Gasteiger partial charge in [-0.25, -0.2) is 4.98 Å². The summed E-state index contributed by atoms with van der Waals surface area (Å²) >= 11 is 1.70. The molecule has 84 valence electrons. The summed E-state index contributed by atoms with van der Waals surface area (Å²) in [4.78, 5) is 4.55. The molecule has 0 bridgehead atoms. The Morgan fingerprint density at radius 1 is 1.50 bits per heavy atom. The average molecular weight is 234 g/mol. The fourth-order valence-corrected chi connectivity index (χ4v) is 2.60. The van der Waals surface area contributed by atoms with Crippen LogP contribution in [-0.2, 0) is 0 Å². The van der Waals surface area contributed by atoms with Gasteiger partial charge in [-0.2, -0.15) is 0 Å². The molecule has 1 saturated carbocycles. The Labute approximate surface area is 98.5 Å². The van der Waals surface area contributed by atoms with E-state index in [2.05, 4.69) is 16.4 Å². The Bertz CT molecular complexity index is 505. The van der Waals surface area contributed by atoms with E-state index in [-0.39, 0.29) is 0 Å². The summed E-state index contributed by atoms with van der Waals surface area (Å²) in [5, 5.41) is 4.46. The van der Waals surface area contributed by atoms with Crippen molar-refractivity contribution in [2.24, 2.45) is 0 Å². The first-order chi connectivity index (χ1) is 7.85. The van der Waals surface area contributed by atoms with E-state index in [1.54, 1.807) is 11.3 Å². The van der Waals surface area contributed by atoms with E-state index in [1.165, 1.54) is 17.5 Å². The van der Waals surface area contributed by atoms with Crippen molar-refractivity contribution in [3.8, 4) is 5.75 Å². The van der Waals surface area contributed by atoms with Gasteiger partial charge in [0.2, 0.25) is 0 Å². The third-order valence-electron chi connectivity index (χ3n) is 2.58. The van der Waals surface area contributed by atoms with Gasteiger partial charge in [0.05, 0.1) is 16.8 Å². The zero-order valence-corrected chi connectivity index (χ0v) is 10.0. The Hall–Kier alpha value is -1.29. The summed E-state index contributed by atoms with van der Waals surface area (Å²) in [5.74, 6) is 0.927. The molecule has 1 fully saturated rings. The SMILES string of the molecule is CCOc1ccc2nc(NC3CC3)sc2c1. The van der Waals surface area contributed by atoms with E-state index in [4.69, 9.17) is 4.74 Å². The van der Waals surface area contributed by atoms with E-state index in [0.29, 0.717) is 12.6 Å². The van der Waals surface area contributed by atoms with Crippen molar-refractivity contribution in [3.05, 3.63) is 18.2 Å². The minimum Gasteiger partial charge on any atom is -0.494 e. The molecule has 1 aromatic carbocycles. The maximum absolute atomic E-state index is 5.48. The largest absolute Gasteiger partial charge is 0.494 e. The molecule has 0 spiro atoms. The fourth-order valence-electron chi connectivity index (χ4n) is 1.63. The molecule has 1 N–H and O–H groups in total. The molecule has 0 aliphatic heterocycles. The highest BCUT2D eigenvalue weighted by molar-refractivity contribution is 7.22. The molecular weight excluding hydrogens is 220 g/mol. The quantitative estimate of drug-likeness (QED) is 0.881. The normalized spacial score (nSPS) is 15.3. The van der Waals surface area contributed by atoms with Crippen molar-refractivity contribution in [2.75, 3.05) is 11.9 Å². The van der Waals surface area contributed by atoms with Crippen LogP contribution in [0.1, 0.15) is 19.8 Å². The van der Waals surface area contributed by atoms with Crippen molar-refractivity contribution in [3.63, 3.8) is 0 Å². The van der Waals surface area contributed by atoms with Gasteiger partial charge in [-0.1, -0.05) is 11.3 Å². The van der Waals surface area contributed by atoms with Crippen molar-refractivity contribution < 1.29 is 4.74 Å². The van der Waals surface area contributed by atoms with Gasteiger partial charge < -0.3 is 10.1 Å². The number of anilines is 1. The second kappa shape index (κ2) is 3.94. The molecule has 0 atom stereocenters. The van der Waals surface area contributed by atoms with Crippen molar-refractivity contribution >= 4 is 26.7 Å². The van der Waals surface area contributed by atoms with Crippen LogP contribution in [0.25, 0.3) is 10.2 Å². The van der Waals surface area contributed by atoms with Gasteiger partial charge in [0.25, 0.3) is 0 Å². The first-order valence-electron chi connectivity index (χ1n) is 5.65. The highest BCUT2D eigenvalue weighted by Crippen LogP contribution is 2.32. The standard InChI is InChI=1S/C12H14N2OS/c1-2-15-9-5-6-10-11(7-9)16-12(14-10)13-8-3-4-8/h5-8H,2-4H2,1H3,(H,13,14). The zero-order valence-electron chi connectivity index (χ0n) is 9.19. The summed E-state index contributed by atoms with van der Waals surface area (Å²) in [6.07, 6.45) is 2.56. The van der Waals surface area contributed by atoms with E-state index in [0.717, 1.165) is 16.4 Å².